The molecule has 0 aliphatic heterocycles. The van der Waals surface area contributed by atoms with Crippen LogP contribution in [0.25, 0.3) is 0 Å². The lowest BCUT2D eigenvalue weighted by atomic mass is 10.2. The number of aryl methyl sites for hydroxylation is 1. The molecule has 78 valence electrons. The van der Waals surface area contributed by atoms with Crippen LogP contribution in [0.5, 0.6) is 0 Å². The van der Waals surface area contributed by atoms with Gasteiger partial charge in [0.05, 0.1) is 0 Å². The third-order valence-corrected chi connectivity index (χ3v) is 2.15. The molecular weight excluding hydrogens is 174 g/mol. The molecule has 0 bridgehead atoms. The molecule has 0 saturated heterocycles. The van der Waals surface area contributed by atoms with Crippen LogP contribution >= 0.6 is 0 Å². The smallest absolute Gasteiger partial charge is 0.0440 e. The van der Waals surface area contributed by atoms with Crippen molar-refractivity contribution in [2.45, 2.75) is 20.4 Å². The molecule has 14 heavy (non-hydrogen) atoms. The first kappa shape index (κ1) is 11.0. The van der Waals surface area contributed by atoms with E-state index in [1.165, 1.54) is 11.3 Å². The number of rotatable bonds is 4. The molecule has 0 aromatic carbocycles. The van der Waals surface area contributed by atoms with Crippen LogP contribution in [0.4, 0.5) is 5.69 Å². The molecule has 0 unspecified atom stereocenters. The molecule has 0 saturated carbocycles. The SMILES string of the molecule is CCNCc1cnc(C)cc1N(C)C. The average Bonchev–Trinajstić information content (AvgIpc) is 2.15. The van der Waals surface area contributed by atoms with Gasteiger partial charge in [-0.1, -0.05) is 6.92 Å². The fourth-order valence-electron chi connectivity index (χ4n) is 1.39. The predicted octanol–water partition coefficient (Wildman–Crippen LogP) is 1.57. The van der Waals surface area contributed by atoms with Gasteiger partial charge in [-0.15, -0.1) is 0 Å². The zero-order valence-electron chi connectivity index (χ0n) is 9.46. The maximum Gasteiger partial charge on any atom is 0.0440 e. The van der Waals surface area contributed by atoms with E-state index in [4.69, 9.17) is 0 Å². The normalized spacial score (nSPS) is 10.3. The summed E-state index contributed by atoms with van der Waals surface area (Å²) >= 11 is 0. The molecule has 0 fully saturated rings. The molecule has 0 amide bonds. The summed E-state index contributed by atoms with van der Waals surface area (Å²) in [6.07, 6.45) is 1.95. The lowest BCUT2D eigenvalue weighted by Crippen LogP contribution is -2.17. The van der Waals surface area contributed by atoms with E-state index < -0.39 is 0 Å². The Morgan fingerprint density at radius 1 is 1.43 bits per heavy atom. The largest absolute Gasteiger partial charge is 0.377 e. The van der Waals surface area contributed by atoms with Crippen LogP contribution in [0.2, 0.25) is 0 Å². The molecule has 0 atom stereocenters. The highest BCUT2D eigenvalue weighted by Crippen LogP contribution is 2.18. The van der Waals surface area contributed by atoms with Gasteiger partial charge in [-0.05, 0) is 19.5 Å². The Hall–Kier alpha value is -1.09. The Morgan fingerprint density at radius 2 is 2.14 bits per heavy atom. The summed E-state index contributed by atoms with van der Waals surface area (Å²) in [6.45, 7) is 6.00. The van der Waals surface area contributed by atoms with E-state index in [2.05, 4.69) is 42.3 Å². The third-order valence-electron chi connectivity index (χ3n) is 2.15. The Balaban J connectivity index is 2.90. The first-order valence-corrected chi connectivity index (χ1v) is 4.98. The summed E-state index contributed by atoms with van der Waals surface area (Å²) in [5.74, 6) is 0. The highest BCUT2D eigenvalue weighted by atomic mass is 15.1. The van der Waals surface area contributed by atoms with Crippen molar-refractivity contribution in [3.63, 3.8) is 0 Å². The van der Waals surface area contributed by atoms with Crippen molar-refractivity contribution in [3.05, 3.63) is 23.5 Å². The number of nitrogens with one attached hydrogen (secondary N) is 1. The van der Waals surface area contributed by atoms with Gasteiger partial charge in [0.15, 0.2) is 0 Å². The van der Waals surface area contributed by atoms with Crippen LogP contribution in [0, 0.1) is 6.92 Å². The predicted molar refractivity (Wildman–Crippen MR) is 60.7 cm³/mol. The van der Waals surface area contributed by atoms with Gasteiger partial charge in [-0.3, -0.25) is 4.98 Å². The number of aromatic nitrogens is 1. The topological polar surface area (TPSA) is 28.2 Å². The number of anilines is 1. The number of hydrogen-bond acceptors (Lipinski definition) is 3. The van der Waals surface area contributed by atoms with Gasteiger partial charge in [0.25, 0.3) is 0 Å². The molecule has 0 radical (unpaired) electrons. The van der Waals surface area contributed by atoms with Crippen molar-refractivity contribution in [2.24, 2.45) is 0 Å². The van der Waals surface area contributed by atoms with E-state index in [0.29, 0.717) is 0 Å². The summed E-state index contributed by atoms with van der Waals surface area (Å²) in [6, 6.07) is 2.12. The summed E-state index contributed by atoms with van der Waals surface area (Å²) in [5, 5.41) is 3.31. The van der Waals surface area contributed by atoms with Crippen molar-refractivity contribution in [1.29, 1.82) is 0 Å². The van der Waals surface area contributed by atoms with Crippen molar-refractivity contribution in [2.75, 3.05) is 25.5 Å². The van der Waals surface area contributed by atoms with Crippen molar-refractivity contribution in [3.8, 4) is 0 Å². The number of hydrogen-bond donors (Lipinski definition) is 1. The number of pyridine rings is 1. The quantitative estimate of drug-likeness (QED) is 0.786. The van der Waals surface area contributed by atoms with E-state index in [0.717, 1.165) is 18.8 Å². The minimum absolute atomic E-state index is 0.886. The van der Waals surface area contributed by atoms with E-state index in [9.17, 15) is 0 Å². The molecule has 0 spiro atoms. The van der Waals surface area contributed by atoms with Gasteiger partial charge < -0.3 is 10.2 Å². The summed E-state index contributed by atoms with van der Waals surface area (Å²) in [7, 11) is 4.12. The van der Waals surface area contributed by atoms with Gasteiger partial charge in [-0.2, -0.15) is 0 Å². The van der Waals surface area contributed by atoms with Gasteiger partial charge in [-0.25, -0.2) is 0 Å². The first-order valence-electron chi connectivity index (χ1n) is 4.98. The molecule has 1 aromatic heterocycles. The van der Waals surface area contributed by atoms with E-state index in [1.807, 2.05) is 13.1 Å². The average molecular weight is 193 g/mol. The molecule has 0 aliphatic rings. The zero-order chi connectivity index (χ0) is 10.6. The standard InChI is InChI=1S/C11H19N3/c1-5-12-7-10-8-13-9(2)6-11(10)14(3)4/h6,8,12H,5,7H2,1-4H3. The van der Waals surface area contributed by atoms with Crippen LogP contribution in [0.1, 0.15) is 18.2 Å². The van der Waals surface area contributed by atoms with Gasteiger partial charge in [0, 0.05) is 43.8 Å². The Morgan fingerprint density at radius 3 is 2.71 bits per heavy atom. The monoisotopic (exact) mass is 193 g/mol. The maximum absolute atomic E-state index is 4.31. The third kappa shape index (κ3) is 2.70. The van der Waals surface area contributed by atoms with E-state index >= 15 is 0 Å². The minimum Gasteiger partial charge on any atom is -0.377 e. The van der Waals surface area contributed by atoms with Gasteiger partial charge >= 0.3 is 0 Å². The fraction of sp³-hybridized carbons (Fsp3) is 0.545. The van der Waals surface area contributed by atoms with E-state index in [1.54, 1.807) is 0 Å². The zero-order valence-corrected chi connectivity index (χ0v) is 9.46. The van der Waals surface area contributed by atoms with Crippen molar-refractivity contribution in [1.82, 2.24) is 10.3 Å². The molecule has 3 heteroatoms. The minimum atomic E-state index is 0.886. The number of nitrogens with zero attached hydrogens (tertiary/aromatic N) is 2. The van der Waals surface area contributed by atoms with Crippen LogP contribution < -0.4 is 10.2 Å². The second-order valence-corrected chi connectivity index (χ2v) is 3.63. The van der Waals surface area contributed by atoms with Crippen LogP contribution in [-0.2, 0) is 6.54 Å². The molecular formula is C11H19N3. The molecule has 1 heterocycles. The Kier molecular flexibility index (Phi) is 3.89. The summed E-state index contributed by atoms with van der Waals surface area (Å²) in [5.41, 5.74) is 3.56. The summed E-state index contributed by atoms with van der Waals surface area (Å²) < 4.78 is 0. The fourth-order valence-corrected chi connectivity index (χ4v) is 1.39. The Bertz CT molecular complexity index is 295. The van der Waals surface area contributed by atoms with Gasteiger partial charge in [0.2, 0.25) is 0 Å². The van der Waals surface area contributed by atoms with Crippen molar-refractivity contribution < 1.29 is 0 Å². The second kappa shape index (κ2) is 4.96. The molecule has 3 nitrogen and oxygen atoms in total. The van der Waals surface area contributed by atoms with Gasteiger partial charge in [0.1, 0.15) is 0 Å². The lowest BCUT2D eigenvalue weighted by molar-refractivity contribution is 0.722. The van der Waals surface area contributed by atoms with Crippen LogP contribution in [-0.4, -0.2) is 25.6 Å². The second-order valence-electron chi connectivity index (χ2n) is 3.63. The first-order chi connectivity index (χ1) is 6.65. The highest BCUT2D eigenvalue weighted by Gasteiger charge is 2.04. The highest BCUT2D eigenvalue weighted by molar-refractivity contribution is 5.52. The van der Waals surface area contributed by atoms with Crippen LogP contribution in [0.3, 0.4) is 0 Å². The molecule has 1 rings (SSSR count). The van der Waals surface area contributed by atoms with Crippen molar-refractivity contribution >= 4 is 5.69 Å². The van der Waals surface area contributed by atoms with Crippen LogP contribution in [0.15, 0.2) is 12.3 Å². The Labute approximate surface area is 86.2 Å². The lowest BCUT2D eigenvalue weighted by Gasteiger charge is -2.17. The maximum atomic E-state index is 4.31. The molecule has 0 aliphatic carbocycles. The summed E-state index contributed by atoms with van der Waals surface area (Å²) in [4.78, 5) is 6.43. The molecule has 1 N–H and O–H groups in total. The molecule has 1 aromatic rings. The van der Waals surface area contributed by atoms with E-state index in [-0.39, 0.29) is 0 Å².